The average Bonchev–Trinajstić information content (AvgIpc) is 2.91. The Morgan fingerprint density at radius 2 is 1.82 bits per heavy atom. The molecule has 1 N–H and O–H groups in total. The van der Waals surface area contributed by atoms with Gasteiger partial charge in [0, 0.05) is 31.5 Å². The van der Waals surface area contributed by atoms with Gasteiger partial charge in [0.1, 0.15) is 0 Å². The van der Waals surface area contributed by atoms with E-state index in [1.165, 1.54) is 12.1 Å². The normalized spacial score (nSPS) is 12.1. The number of likely N-dealkylation sites (N-methyl/N-ethyl adjacent to an activating group) is 1. The first-order chi connectivity index (χ1) is 10.4. The molecule has 0 radical (unpaired) electrons. The van der Waals surface area contributed by atoms with Crippen molar-refractivity contribution in [2.75, 3.05) is 27.2 Å². The van der Waals surface area contributed by atoms with E-state index in [0.29, 0.717) is 6.54 Å². The van der Waals surface area contributed by atoms with Crippen molar-refractivity contribution < 1.29 is 13.2 Å². The fourth-order valence-corrected chi connectivity index (χ4v) is 2.24. The van der Waals surface area contributed by atoms with Gasteiger partial charge in [0.15, 0.2) is 0 Å². The predicted octanol–water partition coefficient (Wildman–Crippen LogP) is 3.15. The van der Waals surface area contributed by atoms with E-state index in [-0.39, 0.29) is 5.69 Å². The highest BCUT2D eigenvalue weighted by atomic mass is 19.4. The minimum atomic E-state index is -4.36. The van der Waals surface area contributed by atoms with Gasteiger partial charge in [-0.3, -0.25) is 0 Å². The zero-order chi connectivity index (χ0) is 16.2. The fourth-order valence-electron chi connectivity index (χ4n) is 2.24. The molecule has 1 aromatic heterocycles. The lowest BCUT2D eigenvalue weighted by Crippen LogP contribution is -2.27. The van der Waals surface area contributed by atoms with Crippen LogP contribution in [0.25, 0.3) is 5.69 Å². The topological polar surface area (TPSA) is 20.2 Å². The maximum Gasteiger partial charge on any atom is 0.418 e. The molecule has 2 rings (SSSR count). The molecule has 22 heavy (non-hydrogen) atoms. The Bertz CT molecular complexity index is 603. The van der Waals surface area contributed by atoms with Gasteiger partial charge in [-0.2, -0.15) is 13.2 Å². The Morgan fingerprint density at radius 3 is 2.50 bits per heavy atom. The summed E-state index contributed by atoms with van der Waals surface area (Å²) in [5.74, 6) is 0. The molecule has 0 atom stereocenters. The minimum absolute atomic E-state index is 0.157. The number of nitrogens with zero attached hydrogens (tertiary/aromatic N) is 2. The summed E-state index contributed by atoms with van der Waals surface area (Å²) in [6.45, 7) is 2.17. The summed E-state index contributed by atoms with van der Waals surface area (Å²) in [4.78, 5) is 2.05. The van der Waals surface area contributed by atoms with Crippen LogP contribution in [0.15, 0.2) is 42.6 Å². The number of para-hydroxylation sites is 1. The lowest BCUT2D eigenvalue weighted by molar-refractivity contribution is -0.137. The van der Waals surface area contributed by atoms with Crippen LogP contribution in [0.1, 0.15) is 11.3 Å². The van der Waals surface area contributed by atoms with Crippen LogP contribution in [0.5, 0.6) is 0 Å². The number of nitrogens with one attached hydrogen (secondary N) is 1. The zero-order valence-corrected chi connectivity index (χ0v) is 12.7. The van der Waals surface area contributed by atoms with Gasteiger partial charge in [-0.25, -0.2) is 0 Å². The van der Waals surface area contributed by atoms with E-state index in [0.717, 1.165) is 24.8 Å². The van der Waals surface area contributed by atoms with Crippen LogP contribution >= 0.6 is 0 Å². The first-order valence-corrected chi connectivity index (χ1v) is 7.08. The van der Waals surface area contributed by atoms with Crippen LogP contribution < -0.4 is 5.32 Å². The van der Waals surface area contributed by atoms with Gasteiger partial charge in [-0.05, 0) is 38.4 Å². The largest absolute Gasteiger partial charge is 0.418 e. The number of hydrogen-bond donors (Lipinski definition) is 1. The van der Waals surface area contributed by atoms with Crippen LogP contribution in [-0.2, 0) is 12.7 Å². The Labute approximate surface area is 128 Å². The molecule has 2 aromatic rings. The van der Waals surface area contributed by atoms with Crippen LogP contribution in [0, 0.1) is 0 Å². The van der Waals surface area contributed by atoms with Gasteiger partial charge in [-0.15, -0.1) is 0 Å². The van der Waals surface area contributed by atoms with Gasteiger partial charge in [-0.1, -0.05) is 12.1 Å². The smallest absolute Gasteiger partial charge is 0.319 e. The van der Waals surface area contributed by atoms with Crippen molar-refractivity contribution in [2.24, 2.45) is 0 Å². The van der Waals surface area contributed by atoms with Gasteiger partial charge in [0.05, 0.1) is 11.3 Å². The van der Waals surface area contributed by atoms with Gasteiger partial charge in [0.25, 0.3) is 0 Å². The predicted molar refractivity (Wildman–Crippen MR) is 81.0 cm³/mol. The standard InChI is InChI=1S/C16H20F3N3/c1-21(2)11-9-20-12-13-6-5-10-22(13)15-8-4-3-7-14(15)16(17,18)19/h3-8,10,20H,9,11-12H2,1-2H3. The highest BCUT2D eigenvalue weighted by Gasteiger charge is 2.33. The second-order valence-electron chi connectivity index (χ2n) is 5.36. The first-order valence-electron chi connectivity index (χ1n) is 7.08. The number of alkyl halides is 3. The molecule has 0 bridgehead atoms. The summed E-state index contributed by atoms with van der Waals surface area (Å²) in [7, 11) is 3.95. The Hall–Kier alpha value is -1.79. The summed E-state index contributed by atoms with van der Waals surface area (Å²) in [5.41, 5.74) is 0.334. The van der Waals surface area contributed by atoms with Crippen molar-refractivity contribution in [1.82, 2.24) is 14.8 Å². The third kappa shape index (κ3) is 4.11. The molecule has 0 saturated heterocycles. The van der Waals surface area contributed by atoms with Crippen LogP contribution in [0.3, 0.4) is 0 Å². The minimum Gasteiger partial charge on any atom is -0.319 e. The van der Waals surface area contributed by atoms with Gasteiger partial charge < -0.3 is 14.8 Å². The number of hydrogen-bond acceptors (Lipinski definition) is 2. The molecule has 0 spiro atoms. The van der Waals surface area contributed by atoms with E-state index in [1.54, 1.807) is 22.9 Å². The molecule has 0 aliphatic heterocycles. The highest BCUT2D eigenvalue weighted by molar-refractivity contribution is 5.44. The van der Waals surface area contributed by atoms with E-state index in [2.05, 4.69) is 5.32 Å². The number of halogens is 3. The lowest BCUT2D eigenvalue weighted by Gasteiger charge is -2.16. The van der Waals surface area contributed by atoms with Crippen molar-refractivity contribution >= 4 is 0 Å². The van der Waals surface area contributed by atoms with E-state index < -0.39 is 11.7 Å². The average molecular weight is 311 g/mol. The number of aromatic nitrogens is 1. The third-order valence-electron chi connectivity index (χ3n) is 3.34. The van der Waals surface area contributed by atoms with Crippen LogP contribution in [0.4, 0.5) is 13.2 Å². The molecule has 0 unspecified atom stereocenters. The number of benzene rings is 1. The molecule has 0 saturated carbocycles. The van der Waals surface area contributed by atoms with E-state index in [4.69, 9.17) is 0 Å². The monoisotopic (exact) mass is 311 g/mol. The molecule has 0 fully saturated rings. The van der Waals surface area contributed by atoms with Crippen molar-refractivity contribution in [2.45, 2.75) is 12.7 Å². The van der Waals surface area contributed by atoms with Crippen molar-refractivity contribution in [3.8, 4) is 5.69 Å². The molecule has 120 valence electrons. The fraction of sp³-hybridized carbons (Fsp3) is 0.375. The molecule has 1 aromatic carbocycles. The van der Waals surface area contributed by atoms with E-state index >= 15 is 0 Å². The van der Waals surface area contributed by atoms with E-state index in [9.17, 15) is 13.2 Å². The molecule has 1 heterocycles. The molecule has 3 nitrogen and oxygen atoms in total. The molecule has 0 aliphatic rings. The molecule has 0 amide bonds. The Balaban J connectivity index is 2.19. The summed E-state index contributed by atoms with van der Waals surface area (Å²) in [6.07, 6.45) is -2.70. The molecule has 6 heteroatoms. The second-order valence-corrected chi connectivity index (χ2v) is 5.36. The van der Waals surface area contributed by atoms with E-state index in [1.807, 2.05) is 25.1 Å². The molecular formula is C16H20F3N3. The van der Waals surface area contributed by atoms with Gasteiger partial charge in [0.2, 0.25) is 0 Å². The number of rotatable bonds is 6. The summed E-state index contributed by atoms with van der Waals surface area (Å²) in [6, 6.07) is 9.22. The second kappa shape index (κ2) is 6.98. The van der Waals surface area contributed by atoms with Crippen LogP contribution in [0.2, 0.25) is 0 Å². The maximum atomic E-state index is 13.1. The molecule has 0 aliphatic carbocycles. The van der Waals surface area contributed by atoms with Crippen molar-refractivity contribution in [3.63, 3.8) is 0 Å². The molecular weight excluding hydrogens is 291 g/mol. The maximum absolute atomic E-state index is 13.1. The zero-order valence-electron chi connectivity index (χ0n) is 12.7. The quantitative estimate of drug-likeness (QED) is 0.827. The van der Waals surface area contributed by atoms with Gasteiger partial charge >= 0.3 is 6.18 Å². The SMILES string of the molecule is CN(C)CCNCc1cccn1-c1ccccc1C(F)(F)F. The summed E-state index contributed by atoms with van der Waals surface area (Å²) in [5, 5.41) is 3.24. The highest BCUT2D eigenvalue weighted by Crippen LogP contribution is 2.34. The lowest BCUT2D eigenvalue weighted by atomic mass is 10.1. The van der Waals surface area contributed by atoms with Crippen molar-refractivity contribution in [1.29, 1.82) is 0 Å². The van der Waals surface area contributed by atoms with Crippen molar-refractivity contribution in [3.05, 3.63) is 53.9 Å². The summed E-state index contributed by atoms with van der Waals surface area (Å²) < 4.78 is 41.0. The van der Waals surface area contributed by atoms with Crippen LogP contribution in [-0.4, -0.2) is 36.7 Å². The first kappa shape index (κ1) is 16.6. The summed E-state index contributed by atoms with van der Waals surface area (Å²) >= 11 is 0. The Morgan fingerprint density at radius 1 is 1.09 bits per heavy atom. The third-order valence-corrected chi connectivity index (χ3v) is 3.34. The Kier molecular flexibility index (Phi) is 5.26.